The molecular weight excluding hydrogens is 366 g/mol. The van der Waals surface area contributed by atoms with Gasteiger partial charge in [-0.25, -0.2) is 9.79 Å². The number of fused-ring (bicyclic) bond motifs is 3. The molecule has 3 heterocycles. The second-order valence-electron chi connectivity index (χ2n) is 6.73. The Morgan fingerprint density at radius 1 is 1.25 bits per heavy atom. The Hall–Kier alpha value is -3.30. The van der Waals surface area contributed by atoms with Crippen LogP contribution in [0.15, 0.2) is 29.3 Å². The Balaban J connectivity index is 1.64. The first kappa shape index (κ1) is 18.1. The smallest absolute Gasteiger partial charge is 0.328 e. The van der Waals surface area contributed by atoms with Crippen LogP contribution in [-0.4, -0.2) is 91.7 Å². The molecule has 10 nitrogen and oxygen atoms in total. The summed E-state index contributed by atoms with van der Waals surface area (Å²) in [7, 11) is 4.40. The van der Waals surface area contributed by atoms with Crippen molar-refractivity contribution in [1.29, 1.82) is 0 Å². The van der Waals surface area contributed by atoms with Crippen molar-refractivity contribution in [1.82, 2.24) is 14.7 Å². The van der Waals surface area contributed by atoms with Crippen molar-refractivity contribution in [3.63, 3.8) is 0 Å². The fourth-order valence-electron chi connectivity index (χ4n) is 3.80. The monoisotopic (exact) mass is 387 g/mol. The molecule has 3 amide bonds. The van der Waals surface area contributed by atoms with Crippen LogP contribution in [0.3, 0.4) is 0 Å². The predicted molar refractivity (Wildman–Crippen MR) is 98.9 cm³/mol. The molecule has 0 radical (unpaired) electrons. The van der Waals surface area contributed by atoms with Crippen molar-refractivity contribution < 1.29 is 23.9 Å². The van der Waals surface area contributed by atoms with Crippen LogP contribution in [0.5, 0.6) is 5.75 Å². The fraction of sp³-hybridized carbons (Fsp3) is 0.444. The number of carbonyl (C=O) groups is 3. The second kappa shape index (κ2) is 6.70. The van der Waals surface area contributed by atoms with Gasteiger partial charge < -0.3 is 24.2 Å². The summed E-state index contributed by atoms with van der Waals surface area (Å²) < 4.78 is 9.91. The van der Waals surface area contributed by atoms with Gasteiger partial charge in [0.1, 0.15) is 12.3 Å². The summed E-state index contributed by atoms with van der Waals surface area (Å²) in [6.07, 6.45) is -0.627. The van der Waals surface area contributed by atoms with E-state index < -0.39 is 36.7 Å². The van der Waals surface area contributed by atoms with Crippen molar-refractivity contribution in [2.45, 2.75) is 12.2 Å². The lowest BCUT2D eigenvalue weighted by atomic mass is 10.1. The summed E-state index contributed by atoms with van der Waals surface area (Å²) >= 11 is 0. The van der Waals surface area contributed by atoms with Gasteiger partial charge in [-0.2, -0.15) is 0 Å². The third kappa shape index (κ3) is 2.63. The van der Waals surface area contributed by atoms with E-state index in [1.54, 1.807) is 14.2 Å². The number of guanidine groups is 1. The number of methoxy groups -OCH3 is 2. The number of ether oxygens (including phenoxy) is 2. The molecule has 28 heavy (non-hydrogen) atoms. The highest BCUT2D eigenvalue weighted by atomic mass is 16.5. The number of amides is 3. The average molecular weight is 387 g/mol. The molecule has 2 atom stereocenters. The summed E-state index contributed by atoms with van der Waals surface area (Å²) in [6, 6.07) is 6.37. The quantitative estimate of drug-likeness (QED) is 0.669. The number of carbonyl (C=O) groups excluding carboxylic acids is 3. The van der Waals surface area contributed by atoms with E-state index in [1.807, 2.05) is 34.1 Å². The molecular formula is C18H21N5O5. The Labute approximate surface area is 161 Å². The standard InChI is InChI=1S/C18H21N5O5/c1-20-15-14(16(25)23(18(20)26)10-13(24)28-3)22-8-7-21(17(22)19-15)11-5-4-6-12(9-11)27-2/h4-6,9,14-15H,7-8,10H2,1-3H3. The highest BCUT2D eigenvalue weighted by Gasteiger charge is 2.55. The molecule has 3 aliphatic rings. The fourth-order valence-corrected chi connectivity index (χ4v) is 3.80. The van der Waals surface area contributed by atoms with E-state index in [0.717, 1.165) is 16.3 Å². The lowest BCUT2D eigenvalue weighted by Gasteiger charge is -2.40. The molecule has 0 bridgehead atoms. The van der Waals surface area contributed by atoms with Gasteiger partial charge in [0.2, 0.25) is 5.96 Å². The van der Waals surface area contributed by atoms with Gasteiger partial charge >= 0.3 is 12.0 Å². The first-order valence-corrected chi connectivity index (χ1v) is 8.87. The Morgan fingerprint density at radius 2 is 2.04 bits per heavy atom. The zero-order valence-electron chi connectivity index (χ0n) is 15.9. The summed E-state index contributed by atoms with van der Waals surface area (Å²) in [5.74, 6) is 0.271. The molecule has 0 N–H and O–H groups in total. The first-order chi connectivity index (χ1) is 13.5. The number of esters is 1. The summed E-state index contributed by atoms with van der Waals surface area (Å²) in [4.78, 5) is 48.1. The van der Waals surface area contributed by atoms with Crippen molar-refractivity contribution >= 4 is 29.6 Å². The summed E-state index contributed by atoms with van der Waals surface area (Å²) in [6.45, 7) is 0.818. The van der Waals surface area contributed by atoms with Crippen LogP contribution in [0.1, 0.15) is 0 Å². The second-order valence-corrected chi connectivity index (χ2v) is 6.73. The zero-order chi connectivity index (χ0) is 20.0. The summed E-state index contributed by atoms with van der Waals surface area (Å²) in [5, 5.41) is 0. The van der Waals surface area contributed by atoms with Crippen LogP contribution in [0, 0.1) is 0 Å². The minimum absolute atomic E-state index is 0.412. The van der Waals surface area contributed by atoms with Gasteiger partial charge in [-0.3, -0.25) is 14.5 Å². The van der Waals surface area contributed by atoms with Crippen molar-refractivity contribution in [2.24, 2.45) is 4.99 Å². The van der Waals surface area contributed by atoms with E-state index in [1.165, 1.54) is 12.0 Å². The minimum atomic E-state index is -0.655. The van der Waals surface area contributed by atoms with E-state index in [9.17, 15) is 14.4 Å². The topological polar surface area (TPSA) is 95.0 Å². The number of aliphatic imine (C=N–C) groups is 1. The highest BCUT2D eigenvalue weighted by Crippen LogP contribution is 2.34. The highest BCUT2D eigenvalue weighted by molar-refractivity contribution is 6.08. The largest absolute Gasteiger partial charge is 0.497 e. The third-order valence-electron chi connectivity index (χ3n) is 5.26. The van der Waals surface area contributed by atoms with Gasteiger partial charge in [0.05, 0.1) is 14.2 Å². The van der Waals surface area contributed by atoms with Crippen molar-refractivity contribution in [3.05, 3.63) is 24.3 Å². The average Bonchev–Trinajstić information content (AvgIpc) is 3.28. The van der Waals surface area contributed by atoms with Crippen molar-refractivity contribution in [3.8, 4) is 5.75 Å². The number of rotatable bonds is 4. The summed E-state index contributed by atoms with van der Waals surface area (Å²) in [5.41, 5.74) is 0.895. The lowest BCUT2D eigenvalue weighted by Crippen LogP contribution is -2.65. The van der Waals surface area contributed by atoms with Gasteiger partial charge in [0.15, 0.2) is 12.2 Å². The van der Waals surface area contributed by atoms with Crippen LogP contribution in [-0.2, 0) is 14.3 Å². The molecule has 0 saturated carbocycles. The van der Waals surface area contributed by atoms with Gasteiger partial charge in [-0.15, -0.1) is 0 Å². The van der Waals surface area contributed by atoms with Crippen LogP contribution in [0.25, 0.3) is 0 Å². The molecule has 1 aromatic carbocycles. The molecule has 3 aliphatic heterocycles. The van der Waals surface area contributed by atoms with Gasteiger partial charge in [0, 0.05) is 31.9 Å². The number of nitrogens with zero attached hydrogens (tertiary/aromatic N) is 5. The number of likely N-dealkylation sites (N-methyl/N-ethyl adjacent to an activating group) is 1. The van der Waals surface area contributed by atoms with Crippen LogP contribution in [0.4, 0.5) is 10.5 Å². The van der Waals surface area contributed by atoms with E-state index in [4.69, 9.17) is 4.74 Å². The number of hydrogen-bond acceptors (Lipinski definition) is 8. The molecule has 2 fully saturated rings. The molecule has 148 valence electrons. The van der Waals surface area contributed by atoms with Crippen LogP contribution >= 0.6 is 0 Å². The van der Waals surface area contributed by atoms with E-state index in [0.29, 0.717) is 19.0 Å². The molecule has 0 aromatic heterocycles. The Morgan fingerprint density at radius 3 is 2.75 bits per heavy atom. The number of imide groups is 1. The molecule has 0 spiro atoms. The number of urea groups is 1. The SMILES string of the molecule is COC(=O)CN1C(=O)C2C(N=C3N(c4cccc(OC)c4)CCN32)N(C)C1=O. The number of anilines is 1. The Kier molecular flexibility index (Phi) is 4.33. The Bertz CT molecular complexity index is 872. The predicted octanol–water partition coefficient (Wildman–Crippen LogP) is -0.0515. The maximum absolute atomic E-state index is 13.0. The maximum Gasteiger partial charge on any atom is 0.328 e. The molecule has 10 heteroatoms. The minimum Gasteiger partial charge on any atom is -0.497 e. The van der Waals surface area contributed by atoms with E-state index in [2.05, 4.69) is 9.73 Å². The molecule has 0 aliphatic carbocycles. The normalized spacial score (nSPS) is 23.6. The van der Waals surface area contributed by atoms with Gasteiger partial charge in [-0.05, 0) is 12.1 Å². The molecule has 2 unspecified atom stereocenters. The van der Waals surface area contributed by atoms with E-state index in [-0.39, 0.29) is 0 Å². The van der Waals surface area contributed by atoms with E-state index >= 15 is 0 Å². The van der Waals surface area contributed by atoms with Gasteiger partial charge in [-0.1, -0.05) is 6.07 Å². The van der Waals surface area contributed by atoms with Crippen LogP contribution < -0.4 is 9.64 Å². The first-order valence-electron chi connectivity index (χ1n) is 8.87. The van der Waals surface area contributed by atoms with Crippen molar-refractivity contribution in [2.75, 3.05) is 45.8 Å². The maximum atomic E-state index is 13.0. The third-order valence-corrected chi connectivity index (χ3v) is 5.26. The number of hydrogen-bond donors (Lipinski definition) is 0. The number of benzene rings is 1. The zero-order valence-corrected chi connectivity index (χ0v) is 15.9. The molecule has 1 aromatic rings. The molecule has 2 saturated heterocycles. The lowest BCUT2D eigenvalue weighted by molar-refractivity contribution is -0.148. The van der Waals surface area contributed by atoms with Crippen LogP contribution in [0.2, 0.25) is 0 Å². The van der Waals surface area contributed by atoms with Gasteiger partial charge in [0.25, 0.3) is 5.91 Å². The molecule has 4 rings (SSSR count).